The second-order valence-corrected chi connectivity index (χ2v) is 4.55. The molecule has 66 valence electrons. The molecule has 0 aromatic carbocycles. The van der Waals surface area contributed by atoms with Gasteiger partial charge in [-0.25, -0.2) is 0 Å². The van der Waals surface area contributed by atoms with Crippen LogP contribution in [-0.4, -0.2) is 10.9 Å². The zero-order chi connectivity index (χ0) is 8.93. The minimum Gasteiger partial charge on any atom is -0.411 e. The quantitative estimate of drug-likeness (QED) is 0.434. The molecule has 0 heterocycles. The highest BCUT2D eigenvalue weighted by Gasteiger charge is 2.57. The Morgan fingerprint density at radius 3 is 2.83 bits per heavy atom. The van der Waals surface area contributed by atoms with Crippen LogP contribution in [-0.2, 0) is 0 Å². The van der Waals surface area contributed by atoms with Crippen LogP contribution >= 0.6 is 0 Å². The molecule has 0 aromatic rings. The largest absolute Gasteiger partial charge is 0.411 e. The summed E-state index contributed by atoms with van der Waals surface area (Å²) < 4.78 is 0. The summed E-state index contributed by atoms with van der Waals surface area (Å²) in [6, 6.07) is 0. The van der Waals surface area contributed by atoms with Crippen molar-refractivity contribution in [2.45, 2.75) is 27.2 Å². The average molecular weight is 165 g/mol. The Kier molecular flexibility index (Phi) is 1.39. The van der Waals surface area contributed by atoms with E-state index in [0.717, 1.165) is 23.6 Å². The van der Waals surface area contributed by atoms with Crippen molar-refractivity contribution in [3.8, 4) is 0 Å². The third-order valence-corrected chi connectivity index (χ3v) is 3.56. The van der Waals surface area contributed by atoms with Gasteiger partial charge in [0, 0.05) is 0 Å². The molecule has 0 saturated heterocycles. The Hall–Kier alpha value is -0.790. The number of oxime groups is 1. The van der Waals surface area contributed by atoms with E-state index in [-0.39, 0.29) is 0 Å². The molecule has 0 bridgehead atoms. The van der Waals surface area contributed by atoms with Gasteiger partial charge in [-0.1, -0.05) is 25.1 Å². The summed E-state index contributed by atoms with van der Waals surface area (Å²) in [4.78, 5) is 0. The van der Waals surface area contributed by atoms with Gasteiger partial charge in [0.25, 0.3) is 0 Å². The van der Waals surface area contributed by atoms with E-state index in [4.69, 9.17) is 5.21 Å². The van der Waals surface area contributed by atoms with Crippen molar-refractivity contribution in [1.82, 2.24) is 0 Å². The molecule has 0 amide bonds. The Labute approximate surface area is 73.0 Å². The molecule has 2 unspecified atom stereocenters. The number of rotatable bonds is 0. The highest BCUT2D eigenvalue weighted by atomic mass is 16.4. The molecule has 1 fully saturated rings. The number of hydrogen-bond acceptors (Lipinski definition) is 2. The van der Waals surface area contributed by atoms with E-state index in [0.29, 0.717) is 11.3 Å². The molecular weight excluding hydrogens is 150 g/mol. The zero-order valence-corrected chi connectivity index (χ0v) is 7.83. The predicted molar refractivity (Wildman–Crippen MR) is 48.4 cm³/mol. The molecular formula is C10H15NO. The second-order valence-electron chi connectivity index (χ2n) is 4.55. The average Bonchev–Trinajstić information content (AvgIpc) is 2.52. The highest BCUT2D eigenvalue weighted by Crippen LogP contribution is 2.63. The van der Waals surface area contributed by atoms with Crippen molar-refractivity contribution < 1.29 is 5.21 Å². The summed E-state index contributed by atoms with van der Waals surface area (Å²) in [6.07, 6.45) is 3.21. The van der Waals surface area contributed by atoms with E-state index in [2.05, 4.69) is 25.1 Å². The molecule has 2 aliphatic carbocycles. The van der Waals surface area contributed by atoms with Crippen molar-refractivity contribution in [2.24, 2.45) is 22.4 Å². The molecule has 1 N–H and O–H groups in total. The number of allylic oxidation sites excluding steroid dienone is 2. The summed E-state index contributed by atoms with van der Waals surface area (Å²) in [6.45, 7) is 6.60. The maximum Gasteiger partial charge on any atom is 0.0824 e. The van der Waals surface area contributed by atoms with E-state index >= 15 is 0 Å². The van der Waals surface area contributed by atoms with Crippen LogP contribution in [0.1, 0.15) is 27.2 Å². The minimum absolute atomic E-state index is 0.438. The third-order valence-electron chi connectivity index (χ3n) is 3.56. The van der Waals surface area contributed by atoms with Crippen LogP contribution in [0.4, 0.5) is 0 Å². The summed E-state index contributed by atoms with van der Waals surface area (Å²) >= 11 is 0. The first-order chi connectivity index (χ1) is 5.57. The number of nitrogens with zero attached hydrogens (tertiary/aromatic N) is 1. The van der Waals surface area contributed by atoms with Gasteiger partial charge in [0.2, 0.25) is 0 Å². The van der Waals surface area contributed by atoms with Crippen LogP contribution < -0.4 is 0 Å². The van der Waals surface area contributed by atoms with Gasteiger partial charge in [0.05, 0.1) is 5.71 Å². The molecule has 1 saturated carbocycles. The minimum atomic E-state index is 0.438. The molecule has 2 rings (SSSR count). The van der Waals surface area contributed by atoms with Crippen LogP contribution in [0, 0.1) is 17.3 Å². The lowest BCUT2D eigenvalue weighted by atomic mass is 9.99. The topological polar surface area (TPSA) is 32.6 Å². The predicted octanol–water partition coefficient (Wildman–Crippen LogP) is 2.44. The van der Waals surface area contributed by atoms with Crippen molar-refractivity contribution in [3.63, 3.8) is 0 Å². The van der Waals surface area contributed by atoms with Gasteiger partial charge >= 0.3 is 0 Å². The molecule has 2 atom stereocenters. The molecule has 2 heteroatoms. The van der Waals surface area contributed by atoms with E-state index < -0.39 is 0 Å². The molecule has 2 aliphatic rings. The second kappa shape index (κ2) is 2.12. The van der Waals surface area contributed by atoms with E-state index in [9.17, 15) is 0 Å². The van der Waals surface area contributed by atoms with Crippen molar-refractivity contribution in [1.29, 1.82) is 0 Å². The van der Waals surface area contributed by atoms with Crippen molar-refractivity contribution in [3.05, 3.63) is 11.6 Å². The fourth-order valence-corrected chi connectivity index (χ4v) is 2.36. The first-order valence-electron chi connectivity index (χ1n) is 4.47. The van der Waals surface area contributed by atoms with E-state index in [1.54, 1.807) is 0 Å². The molecule has 0 aliphatic heterocycles. The normalized spacial score (nSPS) is 40.6. The standard InChI is InChI=1S/C10H15NO/c1-6-4-7-8(10(7,2)3)5-9(6)11-12/h4,7-8,12H,5H2,1-3H3. The van der Waals surface area contributed by atoms with E-state index in [1.165, 1.54) is 0 Å². The SMILES string of the molecule is CC1=CC2C(CC1=NO)C2(C)C. The molecule has 12 heavy (non-hydrogen) atoms. The summed E-state index contributed by atoms with van der Waals surface area (Å²) in [5.74, 6) is 1.44. The summed E-state index contributed by atoms with van der Waals surface area (Å²) in [5.41, 5.74) is 2.47. The van der Waals surface area contributed by atoms with Crippen LogP contribution in [0.25, 0.3) is 0 Å². The van der Waals surface area contributed by atoms with Gasteiger partial charge < -0.3 is 5.21 Å². The Morgan fingerprint density at radius 2 is 2.25 bits per heavy atom. The molecule has 2 nitrogen and oxygen atoms in total. The van der Waals surface area contributed by atoms with E-state index in [1.807, 2.05) is 6.92 Å². The monoisotopic (exact) mass is 165 g/mol. The fourth-order valence-electron chi connectivity index (χ4n) is 2.36. The van der Waals surface area contributed by atoms with Gasteiger partial charge in [-0.05, 0) is 36.2 Å². The lowest BCUT2D eigenvalue weighted by Gasteiger charge is -2.08. The van der Waals surface area contributed by atoms with Crippen LogP contribution in [0.5, 0.6) is 0 Å². The van der Waals surface area contributed by atoms with Gasteiger partial charge in [-0.2, -0.15) is 0 Å². The number of fused-ring (bicyclic) bond motifs is 1. The van der Waals surface area contributed by atoms with Gasteiger partial charge in [-0.3, -0.25) is 0 Å². The zero-order valence-electron chi connectivity index (χ0n) is 7.83. The van der Waals surface area contributed by atoms with Gasteiger partial charge in [-0.15, -0.1) is 0 Å². The lowest BCUT2D eigenvalue weighted by molar-refractivity contribution is 0.317. The maximum absolute atomic E-state index is 8.72. The highest BCUT2D eigenvalue weighted by molar-refractivity contribution is 6.00. The summed E-state index contributed by atoms with van der Waals surface area (Å²) in [7, 11) is 0. The first kappa shape index (κ1) is 7.84. The van der Waals surface area contributed by atoms with Crippen molar-refractivity contribution >= 4 is 5.71 Å². The third kappa shape index (κ3) is 0.838. The fraction of sp³-hybridized carbons (Fsp3) is 0.700. The maximum atomic E-state index is 8.72. The number of hydrogen-bond donors (Lipinski definition) is 1. The van der Waals surface area contributed by atoms with Crippen LogP contribution in [0.3, 0.4) is 0 Å². The Morgan fingerprint density at radius 1 is 1.58 bits per heavy atom. The summed E-state index contributed by atoms with van der Waals surface area (Å²) in [5, 5.41) is 12.0. The van der Waals surface area contributed by atoms with Crippen LogP contribution in [0.2, 0.25) is 0 Å². The molecule has 0 spiro atoms. The van der Waals surface area contributed by atoms with Crippen molar-refractivity contribution in [2.75, 3.05) is 0 Å². The first-order valence-corrected chi connectivity index (χ1v) is 4.47. The Bertz CT molecular complexity index is 276. The van der Waals surface area contributed by atoms with Gasteiger partial charge in [0.15, 0.2) is 0 Å². The Balaban J connectivity index is 2.28. The molecule has 0 aromatic heterocycles. The van der Waals surface area contributed by atoms with Gasteiger partial charge in [0.1, 0.15) is 0 Å². The smallest absolute Gasteiger partial charge is 0.0824 e. The molecule has 0 radical (unpaired) electrons. The van der Waals surface area contributed by atoms with Crippen LogP contribution in [0.15, 0.2) is 16.8 Å². The lowest BCUT2D eigenvalue weighted by Crippen LogP contribution is -2.07.